The lowest BCUT2D eigenvalue weighted by Gasteiger charge is -2.35. The SMILES string of the molecule is [HH].c1cc(-c2n[nH]c3ccc(OC4CC4)cc23)cc(N2CCN(C3CC3)CC2)n1. The molecule has 3 heterocycles. The van der Waals surface area contributed by atoms with Crippen LogP contribution in [0.1, 0.15) is 27.1 Å². The van der Waals surface area contributed by atoms with Gasteiger partial charge in [-0.1, -0.05) is 0 Å². The highest BCUT2D eigenvalue weighted by atomic mass is 16.5. The maximum atomic E-state index is 5.98. The van der Waals surface area contributed by atoms with Crippen molar-refractivity contribution >= 4 is 16.7 Å². The average molecular weight is 377 g/mol. The summed E-state index contributed by atoms with van der Waals surface area (Å²) >= 11 is 0. The Balaban J connectivity index is 0.00000181. The van der Waals surface area contributed by atoms with Crippen molar-refractivity contribution in [2.75, 3.05) is 31.1 Å². The van der Waals surface area contributed by atoms with Crippen molar-refractivity contribution < 1.29 is 6.16 Å². The van der Waals surface area contributed by atoms with Crippen LogP contribution in [0.25, 0.3) is 22.2 Å². The summed E-state index contributed by atoms with van der Waals surface area (Å²) in [7, 11) is 0. The quantitative estimate of drug-likeness (QED) is 0.735. The van der Waals surface area contributed by atoms with Gasteiger partial charge < -0.3 is 9.64 Å². The van der Waals surface area contributed by atoms with E-state index in [2.05, 4.69) is 43.2 Å². The summed E-state index contributed by atoms with van der Waals surface area (Å²) in [4.78, 5) is 9.68. The summed E-state index contributed by atoms with van der Waals surface area (Å²) in [6, 6.07) is 11.3. The molecule has 2 aliphatic carbocycles. The van der Waals surface area contributed by atoms with E-state index in [0.717, 1.165) is 78.8 Å². The Kier molecular flexibility index (Phi) is 3.79. The third-order valence-corrected chi connectivity index (χ3v) is 6.08. The Morgan fingerprint density at radius 3 is 2.64 bits per heavy atom. The van der Waals surface area contributed by atoms with Crippen LogP contribution in [-0.2, 0) is 0 Å². The third kappa shape index (κ3) is 3.11. The number of aromatic amines is 1. The second-order valence-electron chi connectivity index (χ2n) is 8.25. The van der Waals surface area contributed by atoms with Crippen LogP contribution in [0.3, 0.4) is 0 Å². The summed E-state index contributed by atoms with van der Waals surface area (Å²) in [6.07, 6.45) is 7.40. The van der Waals surface area contributed by atoms with Crippen LogP contribution >= 0.6 is 0 Å². The van der Waals surface area contributed by atoms with Crippen molar-refractivity contribution in [3.05, 3.63) is 36.5 Å². The first kappa shape index (κ1) is 16.4. The van der Waals surface area contributed by atoms with Crippen LogP contribution in [0.2, 0.25) is 0 Å². The van der Waals surface area contributed by atoms with Gasteiger partial charge in [-0.05, 0) is 56.0 Å². The number of benzene rings is 1. The average Bonchev–Trinajstić information content (AvgIpc) is 3.67. The smallest absolute Gasteiger partial charge is 0.129 e. The number of rotatable bonds is 5. The Hall–Kier alpha value is -2.60. The Labute approximate surface area is 166 Å². The van der Waals surface area contributed by atoms with Gasteiger partial charge >= 0.3 is 0 Å². The maximum absolute atomic E-state index is 5.98. The molecular formula is C22H27N5O. The number of hydrogen-bond donors (Lipinski definition) is 1. The zero-order valence-corrected chi connectivity index (χ0v) is 16.0. The van der Waals surface area contributed by atoms with E-state index in [4.69, 9.17) is 4.74 Å². The van der Waals surface area contributed by atoms with Gasteiger partial charge in [0.2, 0.25) is 0 Å². The fourth-order valence-corrected chi connectivity index (χ4v) is 4.16. The van der Waals surface area contributed by atoms with Gasteiger partial charge in [-0.25, -0.2) is 4.98 Å². The summed E-state index contributed by atoms with van der Waals surface area (Å²) in [5.74, 6) is 1.98. The van der Waals surface area contributed by atoms with E-state index < -0.39 is 0 Å². The Morgan fingerprint density at radius 1 is 1.00 bits per heavy atom. The van der Waals surface area contributed by atoms with Gasteiger partial charge in [0.15, 0.2) is 0 Å². The number of anilines is 1. The zero-order valence-electron chi connectivity index (χ0n) is 16.0. The van der Waals surface area contributed by atoms with Crippen molar-refractivity contribution in [1.29, 1.82) is 0 Å². The molecule has 0 unspecified atom stereocenters. The molecule has 0 amide bonds. The van der Waals surface area contributed by atoms with E-state index in [-0.39, 0.29) is 1.43 Å². The van der Waals surface area contributed by atoms with Crippen LogP contribution in [-0.4, -0.2) is 58.4 Å². The van der Waals surface area contributed by atoms with Gasteiger partial charge in [0, 0.05) is 50.8 Å². The number of ether oxygens (including phenoxy) is 1. The molecule has 1 saturated heterocycles. The van der Waals surface area contributed by atoms with E-state index in [1.54, 1.807) is 0 Å². The van der Waals surface area contributed by atoms with Crippen molar-refractivity contribution in [3.8, 4) is 17.0 Å². The Morgan fingerprint density at radius 2 is 1.86 bits per heavy atom. The second-order valence-corrected chi connectivity index (χ2v) is 8.25. The molecule has 6 heteroatoms. The highest BCUT2D eigenvalue weighted by molar-refractivity contribution is 5.94. The fraction of sp³-hybridized carbons (Fsp3) is 0.455. The molecule has 2 saturated carbocycles. The van der Waals surface area contributed by atoms with Crippen molar-refractivity contribution in [2.24, 2.45) is 0 Å². The van der Waals surface area contributed by atoms with Crippen LogP contribution < -0.4 is 9.64 Å². The first-order chi connectivity index (χ1) is 13.8. The van der Waals surface area contributed by atoms with Crippen molar-refractivity contribution in [1.82, 2.24) is 20.1 Å². The molecule has 28 heavy (non-hydrogen) atoms. The van der Waals surface area contributed by atoms with Crippen LogP contribution in [0.5, 0.6) is 5.75 Å². The molecule has 0 radical (unpaired) electrons. The summed E-state index contributed by atoms with van der Waals surface area (Å²) in [5.41, 5.74) is 3.11. The lowest BCUT2D eigenvalue weighted by Crippen LogP contribution is -2.47. The predicted octanol–water partition coefficient (Wildman–Crippen LogP) is 3.70. The van der Waals surface area contributed by atoms with E-state index >= 15 is 0 Å². The molecule has 6 rings (SSSR count). The van der Waals surface area contributed by atoms with Gasteiger partial charge in [0.1, 0.15) is 17.3 Å². The highest BCUT2D eigenvalue weighted by Gasteiger charge is 2.31. The summed E-state index contributed by atoms with van der Waals surface area (Å²) < 4.78 is 5.98. The molecule has 3 aromatic rings. The first-order valence-corrected chi connectivity index (χ1v) is 10.4. The normalized spacial score (nSPS) is 20.6. The summed E-state index contributed by atoms with van der Waals surface area (Å²) in [5, 5.41) is 8.86. The fourth-order valence-electron chi connectivity index (χ4n) is 4.16. The minimum atomic E-state index is 0. The minimum absolute atomic E-state index is 0. The highest BCUT2D eigenvalue weighted by Crippen LogP contribution is 2.33. The summed E-state index contributed by atoms with van der Waals surface area (Å²) in [6.45, 7) is 4.38. The monoisotopic (exact) mass is 377 g/mol. The van der Waals surface area contributed by atoms with E-state index in [0.29, 0.717) is 6.10 Å². The van der Waals surface area contributed by atoms with Gasteiger partial charge in [-0.15, -0.1) is 0 Å². The number of pyridine rings is 1. The van der Waals surface area contributed by atoms with Crippen molar-refractivity contribution in [3.63, 3.8) is 0 Å². The molecule has 3 aliphatic rings. The van der Waals surface area contributed by atoms with Crippen LogP contribution in [0, 0.1) is 0 Å². The van der Waals surface area contributed by atoms with Crippen LogP contribution in [0.4, 0.5) is 5.82 Å². The Bertz CT molecular complexity index is 1010. The molecular weight excluding hydrogens is 350 g/mol. The molecule has 0 spiro atoms. The number of fused-ring (bicyclic) bond motifs is 1. The van der Waals surface area contributed by atoms with Gasteiger partial charge in [-0.2, -0.15) is 5.10 Å². The predicted molar refractivity (Wildman–Crippen MR) is 112 cm³/mol. The van der Waals surface area contributed by atoms with Gasteiger partial charge in [0.25, 0.3) is 0 Å². The maximum Gasteiger partial charge on any atom is 0.129 e. The number of piperazine rings is 1. The largest absolute Gasteiger partial charge is 0.490 e. The molecule has 1 aromatic carbocycles. The number of H-pyrrole nitrogens is 1. The lowest BCUT2D eigenvalue weighted by molar-refractivity contribution is 0.247. The molecule has 3 fully saturated rings. The molecule has 1 aliphatic heterocycles. The van der Waals surface area contributed by atoms with E-state index in [1.807, 2.05) is 18.3 Å². The van der Waals surface area contributed by atoms with Gasteiger partial charge in [-0.3, -0.25) is 10.00 Å². The molecule has 2 aromatic heterocycles. The van der Waals surface area contributed by atoms with E-state index in [1.165, 1.54) is 12.8 Å². The number of aromatic nitrogens is 3. The molecule has 146 valence electrons. The third-order valence-electron chi connectivity index (χ3n) is 6.08. The van der Waals surface area contributed by atoms with E-state index in [9.17, 15) is 0 Å². The number of hydrogen-bond acceptors (Lipinski definition) is 5. The molecule has 0 bridgehead atoms. The number of nitrogens with one attached hydrogen (secondary N) is 1. The molecule has 6 nitrogen and oxygen atoms in total. The second kappa shape index (κ2) is 6.48. The number of nitrogens with zero attached hydrogens (tertiary/aromatic N) is 4. The van der Waals surface area contributed by atoms with Crippen molar-refractivity contribution in [2.45, 2.75) is 37.8 Å². The molecule has 1 N–H and O–H groups in total. The standard InChI is InChI=1S/C22H25N5O.H2/c1-2-16(1)26-9-11-27(12-10-26)21-13-15(7-8-23-21)22-19-14-18(28-17-3-4-17)5-6-20(19)24-25-22;/h5-8,13-14,16-17H,1-4,9-12H2,(H,24,25);1H. The first-order valence-electron chi connectivity index (χ1n) is 10.4. The zero-order chi connectivity index (χ0) is 18.5. The van der Waals surface area contributed by atoms with Crippen LogP contribution in [0.15, 0.2) is 36.5 Å². The van der Waals surface area contributed by atoms with Gasteiger partial charge in [0.05, 0.1) is 11.6 Å². The minimum Gasteiger partial charge on any atom is -0.490 e. The topological polar surface area (TPSA) is 57.3 Å². The molecule has 0 atom stereocenters. The lowest BCUT2D eigenvalue weighted by atomic mass is 10.1.